The maximum absolute atomic E-state index is 13.0. The molecule has 0 aliphatic carbocycles. The summed E-state index contributed by atoms with van der Waals surface area (Å²) in [5, 5.41) is 0. The van der Waals surface area contributed by atoms with Gasteiger partial charge in [0, 0.05) is 0 Å². The Morgan fingerprint density at radius 2 is 0.550 bits per heavy atom. The van der Waals surface area contributed by atoms with E-state index in [1.54, 1.807) is 55.4 Å². The standard InChI is InChI=1S/C16H19B2F3O7S.C15H19B2F3O5S.C14H17B2F3O5S.C14H15B2F3O5S.C13H13B2F3O5S/c1-15(2,3)28-14(22)27-13-9(6-17)4-11(5-10(13)7-18)26-12(16(19,20)21)8-29(23,24)25;1-14(2,3)25-13-9(6-16)4-11(5-10(13)7-17)24-12(15(18,19)20)8-26(21,22)23;1-8(2)23-13-9(5-15)3-11(4-10(13)6-16)24-12(14(17,18)19)7-25(20,21)22;1-2-3-23-13-9(6-15)4-11(5-10(13)7-16)24-12(14(17,18)19)8-25(20,21)22;1-2-22-12-8(5-14)3-10(4-9(12)6-15)23-11(13(16,17)18)7-24(19,20)21/h4-5,12H,6-8H2,1-3H3,(H,23,24,25);4-5,12H,6-8H2,1-3H3,(H,21,22,23);3-4,8,12H,5-7H2,1-2H3,(H,20,21,22);2,4-5,12H,1,3,6-8H2,(H,20,21,22);2-4,11H,1,5-7H2,(H,19,20,21)/p-5. The number of hydrogen-bond donors (Lipinski definition) is 0. The Morgan fingerprint density at radius 3 is 0.729 bits per heavy atom. The van der Waals surface area contributed by atoms with Crippen molar-refractivity contribution in [2.24, 2.45) is 0 Å². The summed E-state index contributed by atoms with van der Waals surface area (Å²) in [6.07, 6.45) is -39.5. The van der Waals surface area contributed by atoms with Crippen molar-refractivity contribution >= 4 is 135 Å². The molecular formula is C72H78B10F15O27S5-5. The van der Waals surface area contributed by atoms with Crippen molar-refractivity contribution in [1.29, 1.82) is 0 Å². The molecule has 0 spiro atoms. The molecule has 0 heterocycles. The average Bonchev–Trinajstić information content (AvgIpc) is 0.834. The molecule has 0 saturated heterocycles. The van der Waals surface area contributed by atoms with Gasteiger partial charge in [-0.05, 0) is 172 Å². The fourth-order valence-electron chi connectivity index (χ4n) is 10.1. The highest BCUT2D eigenvalue weighted by Crippen LogP contribution is 2.41. The highest BCUT2D eigenvalue weighted by molar-refractivity contribution is 7.86. The predicted octanol–water partition coefficient (Wildman–Crippen LogP) is 8.76. The molecule has 0 fully saturated rings. The number of rotatable bonds is 39. The lowest BCUT2D eigenvalue weighted by molar-refractivity contribution is -0.188. The van der Waals surface area contributed by atoms with Crippen LogP contribution in [0.4, 0.5) is 70.7 Å². The lowest BCUT2D eigenvalue weighted by Crippen LogP contribution is -2.40. The van der Waals surface area contributed by atoms with Crippen LogP contribution in [0, 0.1) is 0 Å². The van der Waals surface area contributed by atoms with Gasteiger partial charge in [-0.3, -0.25) is 0 Å². The number of alkyl halides is 15. The Balaban J connectivity index is 0.000000807. The molecule has 0 bridgehead atoms. The molecule has 0 aliphatic heterocycles. The molecule has 0 amide bonds. The highest BCUT2D eigenvalue weighted by atomic mass is 32.2. The first-order valence-electron chi connectivity index (χ1n) is 36.5. The third-order valence-electron chi connectivity index (χ3n) is 15.2. The lowest BCUT2D eigenvalue weighted by atomic mass is 9.89. The first-order chi connectivity index (χ1) is 58.6. The molecule has 5 atom stereocenters. The van der Waals surface area contributed by atoms with Gasteiger partial charge in [0.1, 0.15) is 75.3 Å². The number of hydrogen-bond acceptors (Lipinski definition) is 27. The zero-order valence-corrected chi connectivity index (χ0v) is 73.7. The minimum atomic E-state index is -5.23. The van der Waals surface area contributed by atoms with Gasteiger partial charge in [-0.1, -0.05) is 82.4 Å². The minimum absolute atomic E-state index is 0.0553. The molecule has 0 saturated carbocycles. The van der Waals surface area contributed by atoms with Crippen molar-refractivity contribution in [2.45, 2.75) is 197 Å². The first kappa shape index (κ1) is 119. The normalized spacial score (nSPS) is 13.6. The summed E-state index contributed by atoms with van der Waals surface area (Å²) in [7, 11) is 29.9. The van der Waals surface area contributed by atoms with E-state index in [4.69, 9.17) is 126 Å². The summed E-state index contributed by atoms with van der Waals surface area (Å²) in [6, 6.07) is 11.5. The lowest BCUT2D eigenvalue weighted by Gasteiger charge is -2.27. The van der Waals surface area contributed by atoms with Crippen LogP contribution in [-0.2, 0) is 119 Å². The zero-order chi connectivity index (χ0) is 100. The summed E-state index contributed by atoms with van der Waals surface area (Å²) >= 11 is 0. The van der Waals surface area contributed by atoms with Crippen molar-refractivity contribution < 1.29 is 188 Å². The van der Waals surface area contributed by atoms with Gasteiger partial charge in [-0.15, -0.1) is 0 Å². The van der Waals surface area contributed by atoms with E-state index in [9.17, 15) is 136 Å². The Bertz CT molecular complexity index is 4980. The number of benzene rings is 5. The van der Waals surface area contributed by atoms with E-state index >= 15 is 0 Å². The molecule has 5 rings (SSSR count). The quantitative estimate of drug-likeness (QED) is 0.00674. The van der Waals surface area contributed by atoms with E-state index in [-0.39, 0.29) is 138 Å². The molecule has 0 N–H and O–H groups in total. The summed E-state index contributed by atoms with van der Waals surface area (Å²) in [5.41, 5.74) is 1.17. The summed E-state index contributed by atoms with van der Waals surface area (Å²) in [4.78, 5) is 11.9. The monoisotopic (exact) mass is 1930 g/mol. The molecule has 0 aliphatic rings. The Kier molecular flexibility index (Phi) is 46.5. The van der Waals surface area contributed by atoms with Crippen molar-refractivity contribution in [3.63, 3.8) is 0 Å². The number of halogens is 15. The van der Waals surface area contributed by atoms with Crippen LogP contribution in [0.5, 0.6) is 57.5 Å². The van der Waals surface area contributed by atoms with Crippen LogP contribution in [0.1, 0.15) is 111 Å². The fourth-order valence-corrected chi connectivity index (χ4v) is 13.2. The van der Waals surface area contributed by atoms with Crippen LogP contribution in [0.2, 0.25) is 0 Å². The SMILES string of the molecule is [B]Cc1cc(OC(CS(=O)(=O)[O-])C(F)(F)F)cc(C[B])c1OC(=O)OC(C)(C)C.[B]Cc1cc(OC(CS(=O)(=O)[O-])C(F)(F)F)cc(C[B])c1OC(C)(C)C.[B]Cc1cc(OC(CS(=O)(=O)[O-])C(F)(F)F)cc(C[B])c1OC(C)C.[B]Cc1cc(OC(CS(=O)(=O)[O-])C(F)(F)F)cc(C[B])c1OC=C.[B]Cc1cc(OC(CS(=O)(=O)[O-])C(F)(F)F)cc(C[B])c1OCC=C. The average molecular weight is 1930 g/mol. The fraction of sp³-hybridized carbons (Fsp3) is 0.514. The Labute approximate surface area is 750 Å². The summed E-state index contributed by atoms with van der Waals surface area (Å²) in [5.74, 6) is -9.45. The number of carbonyl (C=O) groups excluding carboxylic acids is 1. The van der Waals surface area contributed by atoms with Crippen LogP contribution in [0.15, 0.2) is 86.2 Å². The molecule has 27 nitrogen and oxygen atoms in total. The van der Waals surface area contributed by atoms with E-state index in [0.717, 1.165) is 30.5 Å². The third-order valence-corrected chi connectivity index (χ3v) is 18.7. The van der Waals surface area contributed by atoms with E-state index < -0.39 is 164 Å². The molecule has 0 aromatic heterocycles. The van der Waals surface area contributed by atoms with Crippen LogP contribution in [0.3, 0.4) is 0 Å². The van der Waals surface area contributed by atoms with Crippen LogP contribution >= 0.6 is 0 Å². The largest absolute Gasteiger partial charge is 0.748 e. The predicted molar refractivity (Wildman–Crippen MR) is 441 cm³/mol. The minimum Gasteiger partial charge on any atom is -0.748 e. The number of ether oxygens (including phenoxy) is 11. The Hall–Kier alpha value is -7.80. The summed E-state index contributed by atoms with van der Waals surface area (Å²) in [6.45, 7) is 20.6. The van der Waals surface area contributed by atoms with Crippen LogP contribution in [-0.4, -0.2) is 264 Å². The van der Waals surface area contributed by atoms with Crippen molar-refractivity contribution in [3.05, 3.63) is 142 Å². The Morgan fingerprint density at radius 1 is 0.341 bits per heavy atom. The van der Waals surface area contributed by atoms with Gasteiger partial charge >= 0.3 is 37.0 Å². The maximum Gasteiger partial charge on any atom is 0.514 e. The highest BCUT2D eigenvalue weighted by Gasteiger charge is 2.48. The van der Waals surface area contributed by atoms with E-state index in [1.807, 2.05) is 0 Å². The van der Waals surface area contributed by atoms with Gasteiger partial charge in [-0.25, -0.2) is 46.9 Å². The molecule has 5 aromatic carbocycles. The maximum atomic E-state index is 13.0. The van der Waals surface area contributed by atoms with E-state index in [1.165, 1.54) is 42.5 Å². The van der Waals surface area contributed by atoms with Gasteiger partial charge in [0.05, 0.1) is 170 Å². The summed E-state index contributed by atoms with van der Waals surface area (Å²) < 4.78 is 411. The third kappa shape index (κ3) is 45.5. The zero-order valence-electron chi connectivity index (χ0n) is 69.6. The van der Waals surface area contributed by atoms with Gasteiger partial charge < -0.3 is 74.9 Å². The number of carbonyl (C=O) groups is 1. The van der Waals surface area contributed by atoms with Crippen molar-refractivity contribution in [2.75, 3.05) is 35.4 Å². The van der Waals surface area contributed by atoms with Gasteiger partial charge in [0.15, 0.2) is 0 Å². The van der Waals surface area contributed by atoms with E-state index in [0.29, 0.717) is 44.9 Å². The second-order valence-corrected chi connectivity index (χ2v) is 35.8. The second kappa shape index (κ2) is 50.3. The van der Waals surface area contributed by atoms with Gasteiger partial charge in [-0.2, -0.15) is 65.9 Å². The molecule has 57 heteroatoms. The van der Waals surface area contributed by atoms with Crippen LogP contribution < -0.4 is 47.4 Å². The molecular weight excluding hydrogens is 1850 g/mol. The topological polar surface area (TPSA) is 405 Å². The molecule has 5 unspecified atom stereocenters. The second-order valence-electron chi connectivity index (χ2n) is 28.6. The van der Waals surface area contributed by atoms with Gasteiger partial charge in [0.2, 0.25) is 30.5 Å². The smallest absolute Gasteiger partial charge is 0.514 e. The van der Waals surface area contributed by atoms with Gasteiger partial charge in [0.25, 0.3) is 0 Å². The van der Waals surface area contributed by atoms with Crippen molar-refractivity contribution in [3.8, 4) is 57.5 Å². The van der Waals surface area contributed by atoms with Crippen molar-refractivity contribution in [1.82, 2.24) is 0 Å². The molecule has 129 heavy (non-hydrogen) atoms. The first-order valence-corrected chi connectivity index (χ1v) is 44.4. The molecule has 5 aromatic rings. The molecule has 698 valence electrons. The van der Waals surface area contributed by atoms with E-state index in [2.05, 4.69) is 17.9 Å². The van der Waals surface area contributed by atoms with Crippen LogP contribution in [0.25, 0.3) is 0 Å². The molecule has 20 radical (unpaired) electrons.